The van der Waals surface area contributed by atoms with Gasteiger partial charge in [0, 0.05) is 12.1 Å². The summed E-state index contributed by atoms with van der Waals surface area (Å²) in [6.07, 6.45) is 7.69. The zero-order chi connectivity index (χ0) is 18.5. The van der Waals surface area contributed by atoms with Crippen LogP contribution in [0, 0.1) is 11.7 Å². The van der Waals surface area contributed by atoms with E-state index in [0.717, 1.165) is 12.8 Å². The van der Waals surface area contributed by atoms with Crippen LogP contribution in [0.2, 0.25) is 0 Å². The van der Waals surface area contributed by atoms with Gasteiger partial charge in [-0.15, -0.1) is 0 Å². The Morgan fingerprint density at radius 2 is 2.08 bits per heavy atom. The van der Waals surface area contributed by atoms with Crippen LogP contribution < -0.4 is 4.74 Å². The monoisotopic (exact) mass is 361 g/mol. The normalized spacial score (nSPS) is 19.2. The van der Waals surface area contributed by atoms with Gasteiger partial charge in [-0.1, -0.05) is 38.2 Å². The lowest BCUT2D eigenvalue weighted by molar-refractivity contribution is -0.151. The number of ether oxygens (including phenoxy) is 2. The van der Waals surface area contributed by atoms with E-state index in [9.17, 15) is 14.0 Å². The van der Waals surface area contributed by atoms with Gasteiger partial charge in [-0.05, 0) is 24.5 Å². The zero-order valence-corrected chi connectivity index (χ0v) is 14.9. The van der Waals surface area contributed by atoms with E-state index in [-0.39, 0.29) is 12.5 Å². The number of esters is 1. The van der Waals surface area contributed by atoms with Gasteiger partial charge in [-0.25, -0.2) is 9.18 Å². The molecule has 0 unspecified atom stereocenters. The molecule has 0 bridgehead atoms. The fraction of sp³-hybridized carbons (Fsp3) is 0.500. The number of carbonyl (C=O) groups excluding carboxylic acids is 2. The Labute approximate surface area is 152 Å². The molecule has 26 heavy (non-hydrogen) atoms. The summed E-state index contributed by atoms with van der Waals surface area (Å²) < 4.78 is 23.9. The molecule has 0 radical (unpaired) electrons. The number of methoxy groups -OCH3 is 1. The minimum atomic E-state index is -0.611. The largest absolute Gasteiger partial charge is 0.467 e. The molecule has 1 heterocycles. The van der Waals surface area contributed by atoms with E-state index in [4.69, 9.17) is 9.47 Å². The van der Waals surface area contributed by atoms with Gasteiger partial charge in [0.2, 0.25) is 0 Å². The van der Waals surface area contributed by atoms with Crippen molar-refractivity contribution in [1.29, 1.82) is 0 Å². The van der Waals surface area contributed by atoms with E-state index in [1.165, 1.54) is 49.5 Å². The van der Waals surface area contributed by atoms with Gasteiger partial charge in [0.15, 0.2) is 0 Å². The maximum Gasteiger partial charge on any atom is 0.328 e. The van der Waals surface area contributed by atoms with E-state index >= 15 is 0 Å². The number of carbonyl (C=O) groups is 2. The highest BCUT2D eigenvalue weighted by molar-refractivity contribution is 5.94. The highest BCUT2D eigenvalue weighted by Gasteiger charge is 2.36. The zero-order valence-electron chi connectivity index (χ0n) is 14.9. The maximum absolute atomic E-state index is 13.3. The van der Waals surface area contributed by atoms with Gasteiger partial charge in [-0.2, -0.15) is 0 Å². The fourth-order valence-corrected chi connectivity index (χ4v) is 3.74. The molecule has 6 heteroatoms. The summed E-state index contributed by atoms with van der Waals surface area (Å²) in [5.74, 6) is 0.0701. The molecule has 0 aromatic heterocycles. The number of amides is 1. The summed E-state index contributed by atoms with van der Waals surface area (Å²) in [4.78, 5) is 26.2. The Kier molecular flexibility index (Phi) is 5.91. The highest BCUT2D eigenvalue weighted by atomic mass is 19.1. The van der Waals surface area contributed by atoms with Crippen molar-refractivity contribution in [2.75, 3.05) is 13.7 Å². The summed E-state index contributed by atoms with van der Waals surface area (Å²) in [6, 6.07) is 5.13. The molecule has 1 aliphatic heterocycles. The number of rotatable bonds is 6. The number of halogens is 1. The minimum absolute atomic E-state index is 0.182. The first-order valence-electron chi connectivity index (χ1n) is 9.09. The third kappa shape index (κ3) is 4.42. The minimum Gasteiger partial charge on any atom is -0.467 e. The molecule has 0 spiro atoms. The SMILES string of the molecule is COC(=O)[C@H](CC1CCCCC1)N1CC(Oc2cccc(F)c2)=CC1=O. The lowest BCUT2D eigenvalue weighted by Crippen LogP contribution is -2.44. The third-order valence-electron chi connectivity index (χ3n) is 5.07. The van der Waals surface area contributed by atoms with Crippen LogP contribution >= 0.6 is 0 Å². The first-order chi connectivity index (χ1) is 12.6. The van der Waals surface area contributed by atoms with E-state index in [2.05, 4.69) is 0 Å². The molecule has 1 aliphatic carbocycles. The standard InChI is InChI=1S/C20H24FNO4/c1-25-20(24)18(10-14-6-3-2-4-7-14)22-13-17(12-19(22)23)26-16-9-5-8-15(21)11-16/h5,8-9,11-12,14,18H,2-4,6-7,10,13H2,1H3/t18-/m0/s1. The molecule has 2 aliphatic rings. The van der Waals surface area contributed by atoms with Crippen LogP contribution in [-0.4, -0.2) is 36.5 Å². The van der Waals surface area contributed by atoms with Gasteiger partial charge in [0.05, 0.1) is 13.7 Å². The second-order valence-corrected chi connectivity index (χ2v) is 6.91. The van der Waals surface area contributed by atoms with Crippen molar-refractivity contribution in [3.63, 3.8) is 0 Å². The summed E-state index contributed by atoms with van der Waals surface area (Å²) in [6.45, 7) is 0.182. The Bertz CT molecular complexity index is 697. The number of nitrogens with zero attached hydrogens (tertiary/aromatic N) is 1. The van der Waals surface area contributed by atoms with Crippen molar-refractivity contribution in [2.24, 2.45) is 5.92 Å². The van der Waals surface area contributed by atoms with Gasteiger partial charge in [-0.3, -0.25) is 4.79 Å². The second-order valence-electron chi connectivity index (χ2n) is 6.91. The van der Waals surface area contributed by atoms with Crippen LogP contribution in [0.15, 0.2) is 36.1 Å². The summed E-state index contributed by atoms with van der Waals surface area (Å²) in [5.41, 5.74) is 0. The lowest BCUT2D eigenvalue weighted by Gasteiger charge is -2.30. The molecule has 0 saturated heterocycles. The lowest BCUT2D eigenvalue weighted by atomic mass is 9.84. The molecular formula is C20H24FNO4. The average molecular weight is 361 g/mol. The molecule has 1 aromatic carbocycles. The highest BCUT2D eigenvalue weighted by Crippen LogP contribution is 2.30. The molecule has 3 rings (SSSR count). The summed E-state index contributed by atoms with van der Waals surface area (Å²) >= 11 is 0. The molecule has 0 N–H and O–H groups in total. The first-order valence-corrected chi connectivity index (χ1v) is 9.09. The molecule has 1 fully saturated rings. The molecule has 1 saturated carbocycles. The number of hydrogen-bond donors (Lipinski definition) is 0. The van der Waals surface area contributed by atoms with Gasteiger partial charge in [0.1, 0.15) is 23.4 Å². The Morgan fingerprint density at radius 3 is 2.77 bits per heavy atom. The topological polar surface area (TPSA) is 55.8 Å². The number of hydrogen-bond acceptors (Lipinski definition) is 4. The summed E-state index contributed by atoms with van der Waals surface area (Å²) in [7, 11) is 1.34. The van der Waals surface area contributed by atoms with Crippen LogP contribution in [0.4, 0.5) is 4.39 Å². The van der Waals surface area contributed by atoms with E-state index < -0.39 is 17.8 Å². The van der Waals surface area contributed by atoms with Crippen molar-refractivity contribution >= 4 is 11.9 Å². The maximum atomic E-state index is 13.3. The van der Waals surface area contributed by atoms with E-state index in [1.807, 2.05) is 0 Å². The van der Waals surface area contributed by atoms with Crippen molar-refractivity contribution in [3.05, 3.63) is 41.9 Å². The molecule has 1 amide bonds. The van der Waals surface area contributed by atoms with Crippen molar-refractivity contribution in [2.45, 2.75) is 44.6 Å². The van der Waals surface area contributed by atoms with Crippen molar-refractivity contribution in [3.8, 4) is 5.75 Å². The van der Waals surface area contributed by atoms with Crippen molar-refractivity contribution in [1.82, 2.24) is 4.90 Å². The molecule has 1 aromatic rings. The van der Waals surface area contributed by atoms with Gasteiger partial charge >= 0.3 is 5.97 Å². The predicted molar refractivity (Wildman–Crippen MR) is 93.8 cm³/mol. The molecule has 140 valence electrons. The fourth-order valence-electron chi connectivity index (χ4n) is 3.74. The molecule has 5 nitrogen and oxygen atoms in total. The quantitative estimate of drug-likeness (QED) is 0.729. The number of benzene rings is 1. The van der Waals surface area contributed by atoms with Crippen molar-refractivity contribution < 1.29 is 23.5 Å². The van der Waals surface area contributed by atoms with Crippen LogP contribution in [0.3, 0.4) is 0 Å². The van der Waals surface area contributed by atoms with E-state index in [0.29, 0.717) is 23.8 Å². The first kappa shape index (κ1) is 18.4. The molecular weight excluding hydrogens is 337 g/mol. The molecule has 1 atom stereocenters. The van der Waals surface area contributed by atoms with Crippen LogP contribution in [0.5, 0.6) is 5.75 Å². The Hall–Kier alpha value is -2.37. The van der Waals surface area contributed by atoms with Gasteiger partial charge < -0.3 is 14.4 Å². The van der Waals surface area contributed by atoms with Gasteiger partial charge in [0.25, 0.3) is 5.91 Å². The Balaban J connectivity index is 1.68. The third-order valence-corrected chi connectivity index (χ3v) is 5.07. The van der Waals surface area contributed by atoms with Crippen LogP contribution in [0.1, 0.15) is 38.5 Å². The van der Waals surface area contributed by atoms with Crippen LogP contribution in [-0.2, 0) is 14.3 Å². The average Bonchev–Trinajstić information content (AvgIpc) is 3.00. The smallest absolute Gasteiger partial charge is 0.328 e. The van der Waals surface area contributed by atoms with Crippen LogP contribution in [0.25, 0.3) is 0 Å². The second kappa shape index (κ2) is 8.34. The predicted octanol–water partition coefficient (Wildman–Crippen LogP) is 3.44. The summed E-state index contributed by atoms with van der Waals surface area (Å²) in [5, 5.41) is 0. The Morgan fingerprint density at radius 1 is 1.31 bits per heavy atom. The van der Waals surface area contributed by atoms with E-state index in [1.54, 1.807) is 12.1 Å².